The van der Waals surface area contributed by atoms with Crippen LogP contribution in [0.3, 0.4) is 0 Å². The summed E-state index contributed by atoms with van der Waals surface area (Å²) in [5, 5.41) is 14.6. The molecule has 8 nitrogen and oxygen atoms in total. The number of nitro groups is 1. The van der Waals surface area contributed by atoms with E-state index in [0.717, 1.165) is 5.56 Å². The Kier molecular flexibility index (Phi) is 6.29. The molecular weight excluding hydrogens is 386 g/mol. The Morgan fingerprint density at radius 3 is 2.40 bits per heavy atom. The maximum Gasteiger partial charge on any atom is 0.343 e. The molecule has 0 aliphatic heterocycles. The molecular formula is C22H17N3O5. The van der Waals surface area contributed by atoms with E-state index in [1.165, 1.54) is 30.5 Å². The zero-order valence-electron chi connectivity index (χ0n) is 15.9. The maximum absolute atomic E-state index is 12.2. The molecule has 8 heteroatoms. The first-order valence-corrected chi connectivity index (χ1v) is 8.89. The summed E-state index contributed by atoms with van der Waals surface area (Å²) in [4.78, 5) is 34.4. The highest BCUT2D eigenvalue weighted by Gasteiger charge is 2.11. The first-order chi connectivity index (χ1) is 14.4. The van der Waals surface area contributed by atoms with E-state index in [0.29, 0.717) is 16.9 Å². The van der Waals surface area contributed by atoms with Crippen LogP contribution in [0.4, 0.5) is 5.69 Å². The van der Waals surface area contributed by atoms with Crippen molar-refractivity contribution < 1.29 is 19.2 Å². The van der Waals surface area contributed by atoms with Crippen LogP contribution in [0.1, 0.15) is 31.8 Å². The molecule has 0 saturated heterocycles. The lowest BCUT2D eigenvalue weighted by molar-refractivity contribution is -0.384. The molecule has 30 heavy (non-hydrogen) atoms. The lowest BCUT2D eigenvalue weighted by Crippen LogP contribution is -2.17. The Balaban J connectivity index is 1.58. The molecule has 1 amide bonds. The van der Waals surface area contributed by atoms with E-state index in [1.807, 2.05) is 13.0 Å². The molecule has 0 unspecified atom stereocenters. The fourth-order valence-corrected chi connectivity index (χ4v) is 2.55. The van der Waals surface area contributed by atoms with Gasteiger partial charge in [0.15, 0.2) is 0 Å². The zero-order chi connectivity index (χ0) is 21.5. The summed E-state index contributed by atoms with van der Waals surface area (Å²) in [6, 6.07) is 19.0. The van der Waals surface area contributed by atoms with Crippen LogP contribution in [0.25, 0.3) is 0 Å². The van der Waals surface area contributed by atoms with Crippen LogP contribution in [0.2, 0.25) is 0 Å². The van der Waals surface area contributed by atoms with E-state index in [1.54, 1.807) is 42.5 Å². The summed E-state index contributed by atoms with van der Waals surface area (Å²) in [5.74, 6) is -0.651. The normalized spacial score (nSPS) is 10.6. The second-order valence-corrected chi connectivity index (χ2v) is 6.33. The van der Waals surface area contributed by atoms with Crippen molar-refractivity contribution in [3.8, 4) is 5.75 Å². The molecule has 1 N–H and O–H groups in total. The van der Waals surface area contributed by atoms with Crippen LogP contribution in [0.15, 0.2) is 77.9 Å². The number of nitrogens with zero attached hydrogens (tertiary/aromatic N) is 2. The SMILES string of the molecule is Cc1cccc(C(=O)Oc2ccc(/C=N\NC(=O)c3cccc([N+](=O)[O-])c3)cc2)c1. The van der Waals surface area contributed by atoms with Crippen molar-refractivity contribution in [2.75, 3.05) is 0 Å². The van der Waals surface area contributed by atoms with Crippen molar-refractivity contribution in [3.63, 3.8) is 0 Å². The molecule has 0 spiro atoms. The first kappa shape index (κ1) is 20.4. The lowest BCUT2D eigenvalue weighted by Gasteiger charge is -2.05. The number of nitro benzene ring substituents is 1. The summed E-state index contributed by atoms with van der Waals surface area (Å²) in [6.45, 7) is 1.89. The van der Waals surface area contributed by atoms with Gasteiger partial charge in [-0.2, -0.15) is 5.10 Å². The van der Waals surface area contributed by atoms with Crippen LogP contribution in [-0.2, 0) is 0 Å². The molecule has 3 aromatic rings. The number of ether oxygens (including phenoxy) is 1. The van der Waals surface area contributed by atoms with E-state index < -0.39 is 16.8 Å². The van der Waals surface area contributed by atoms with E-state index in [9.17, 15) is 19.7 Å². The standard InChI is InChI=1S/C22H17N3O5/c1-15-4-2-6-18(12-15)22(27)30-20-10-8-16(9-11-20)14-23-24-21(26)17-5-3-7-19(13-17)25(28)29/h2-14H,1H3,(H,24,26)/b23-14-. The van der Waals surface area contributed by atoms with Gasteiger partial charge in [-0.05, 0) is 55.0 Å². The molecule has 0 aliphatic rings. The third-order valence-electron chi connectivity index (χ3n) is 4.04. The van der Waals surface area contributed by atoms with Crippen molar-refractivity contribution in [2.45, 2.75) is 6.92 Å². The van der Waals surface area contributed by atoms with Gasteiger partial charge in [0.05, 0.1) is 16.7 Å². The minimum atomic E-state index is -0.576. The molecule has 0 saturated carbocycles. The molecule has 0 atom stereocenters. The van der Waals surface area contributed by atoms with Crippen molar-refractivity contribution >= 4 is 23.8 Å². The average Bonchev–Trinajstić information content (AvgIpc) is 2.75. The Morgan fingerprint density at radius 1 is 1.00 bits per heavy atom. The van der Waals surface area contributed by atoms with Gasteiger partial charge in [0, 0.05) is 17.7 Å². The van der Waals surface area contributed by atoms with Crippen molar-refractivity contribution in [1.29, 1.82) is 0 Å². The van der Waals surface area contributed by atoms with Crippen LogP contribution in [-0.4, -0.2) is 23.0 Å². The molecule has 150 valence electrons. The van der Waals surface area contributed by atoms with Gasteiger partial charge < -0.3 is 4.74 Å². The second-order valence-electron chi connectivity index (χ2n) is 6.33. The first-order valence-electron chi connectivity index (χ1n) is 8.89. The predicted molar refractivity (Wildman–Crippen MR) is 111 cm³/mol. The predicted octanol–water partition coefficient (Wildman–Crippen LogP) is 3.89. The van der Waals surface area contributed by atoms with E-state index in [2.05, 4.69) is 10.5 Å². The van der Waals surface area contributed by atoms with Gasteiger partial charge >= 0.3 is 5.97 Å². The number of hydrazone groups is 1. The highest BCUT2D eigenvalue weighted by Crippen LogP contribution is 2.15. The fraction of sp³-hybridized carbons (Fsp3) is 0.0455. The van der Waals surface area contributed by atoms with Gasteiger partial charge in [-0.15, -0.1) is 0 Å². The van der Waals surface area contributed by atoms with Crippen LogP contribution >= 0.6 is 0 Å². The zero-order valence-corrected chi connectivity index (χ0v) is 15.9. The maximum atomic E-state index is 12.2. The number of benzene rings is 3. The van der Waals surface area contributed by atoms with Crippen LogP contribution in [0, 0.1) is 17.0 Å². The summed E-state index contributed by atoms with van der Waals surface area (Å²) < 4.78 is 5.33. The summed E-state index contributed by atoms with van der Waals surface area (Å²) in [7, 11) is 0. The van der Waals surface area contributed by atoms with Gasteiger partial charge in [0.1, 0.15) is 5.75 Å². The molecule has 0 aliphatic carbocycles. The van der Waals surface area contributed by atoms with E-state index >= 15 is 0 Å². The van der Waals surface area contributed by atoms with Crippen LogP contribution in [0.5, 0.6) is 5.75 Å². The number of rotatable bonds is 6. The lowest BCUT2D eigenvalue weighted by atomic mass is 10.1. The Bertz CT molecular complexity index is 1120. The number of hydrogen-bond acceptors (Lipinski definition) is 6. The van der Waals surface area contributed by atoms with Crippen molar-refractivity contribution in [3.05, 3.63) is 105 Å². The quantitative estimate of drug-likeness (QED) is 0.221. The largest absolute Gasteiger partial charge is 0.423 e. The minimum Gasteiger partial charge on any atom is -0.423 e. The molecule has 0 bridgehead atoms. The highest BCUT2D eigenvalue weighted by atomic mass is 16.6. The van der Waals surface area contributed by atoms with Gasteiger partial charge in [-0.25, -0.2) is 10.2 Å². The number of hydrogen-bond donors (Lipinski definition) is 1. The number of carbonyl (C=O) groups excluding carboxylic acids is 2. The third kappa shape index (κ3) is 5.35. The third-order valence-corrected chi connectivity index (χ3v) is 4.04. The summed E-state index contributed by atoms with van der Waals surface area (Å²) in [5.41, 5.74) is 4.34. The van der Waals surface area contributed by atoms with E-state index in [-0.39, 0.29) is 11.3 Å². The number of esters is 1. The molecule has 0 aromatic heterocycles. The van der Waals surface area contributed by atoms with Gasteiger partial charge in [0.2, 0.25) is 0 Å². The van der Waals surface area contributed by atoms with Crippen molar-refractivity contribution in [2.24, 2.45) is 5.10 Å². The van der Waals surface area contributed by atoms with Crippen LogP contribution < -0.4 is 10.2 Å². The van der Waals surface area contributed by atoms with E-state index in [4.69, 9.17) is 4.74 Å². The Morgan fingerprint density at radius 2 is 1.70 bits per heavy atom. The Labute approximate surface area is 172 Å². The number of amides is 1. The number of carbonyl (C=O) groups is 2. The van der Waals surface area contributed by atoms with Gasteiger partial charge in [-0.3, -0.25) is 14.9 Å². The van der Waals surface area contributed by atoms with Crippen molar-refractivity contribution in [1.82, 2.24) is 5.43 Å². The van der Waals surface area contributed by atoms with Gasteiger partial charge in [0.25, 0.3) is 11.6 Å². The number of aryl methyl sites for hydroxylation is 1. The topological polar surface area (TPSA) is 111 Å². The number of non-ortho nitro benzene ring substituents is 1. The molecule has 0 heterocycles. The molecule has 3 aromatic carbocycles. The minimum absolute atomic E-state index is 0.125. The molecule has 0 radical (unpaired) electrons. The smallest absolute Gasteiger partial charge is 0.343 e. The molecule has 3 rings (SSSR count). The fourth-order valence-electron chi connectivity index (χ4n) is 2.55. The highest BCUT2D eigenvalue weighted by molar-refractivity contribution is 5.95. The number of nitrogens with one attached hydrogen (secondary N) is 1. The summed E-state index contributed by atoms with van der Waals surface area (Å²) in [6.07, 6.45) is 1.40. The molecule has 0 fully saturated rings. The van der Waals surface area contributed by atoms with Gasteiger partial charge in [-0.1, -0.05) is 23.8 Å². The summed E-state index contributed by atoms with van der Waals surface area (Å²) >= 11 is 0. The monoisotopic (exact) mass is 403 g/mol. The average molecular weight is 403 g/mol. The second kappa shape index (κ2) is 9.24. The Hall–Kier alpha value is -4.33.